The van der Waals surface area contributed by atoms with Crippen molar-refractivity contribution in [2.24, 2.45) is 0 Å². The average molecular weight is 442 g/mol. The molecular weight excluding hydrogens is 418 g/mol. The molecule has 1 aromatic heterocycles. The van der Waals surface area contributed by atoms with Crippen molar-refractivity contribution in [2.75, 3.05) is 30.2 Å². The summed E-state index contributed by atoms with van der Waals surface area (Å²) in [7, 11) is -3.29. The van der Waals surface area contributed by atoms with Crippen molar-refractivity contribution in [3.05, 3.63) is 58.6 Å². The molecule has 30 heavy (non-hydrogen) atoms. The molecule has 0 N–H and O–H groups in total. The van der Waals surface area contributed by atoms with Gasteiger partial charge in [0.1, 0.15) is 0 Å². The number of carbonyl (C=O) groups is 1. The second-order valence-electron chi connectivity index (χ2n) is 8.04. The molecule has 0 aliphatic carbocycles. The smallest absolute Gasteiger partial charge is 0.253 e. The van der Waals surface area contributed by atoms with Crippen LogP contribution in [0.2, 0.25) is 0 Å². The van der Waals surface area contributed by atoms with Crippen LogP contribution in [0.25, 0.3) is 10.2 Å². The zero-order chi connectivity index (χ0) is 20.9. The van der Waals surface area contributed by atoms with Gasteiger partial charge in [-0.3, -0.25) is 9.10 Å². The second kappa shape index (κ2) is 7.35. The van der Waals surface area contributed by atoms with Crippen LogP contribution >= 0.6 is 11.3 Å². The van der Waals surface area contributed by atoms with Gasteiger partial charge < -0.3 is 4.90 Å². The molecule has 156 valence electrons. The van der Waals surface area contributed by atoms with Gasteiger partial charge in [-0.25, -0.2) is 13.4 Å². The van der Waals surface area contributed by atoms with E-state index in [-0.39, 0.29) is 11.8 Å². The highest BCUT2D eigenvalue weighted by molar-refractivity contribution is 7.92. The first-order valence-electron chi connectivity index (χ1n) is 10.2. The summed E-state index contributed by atoms with van der Waals surface area (Å²) < 4.78 is 26.5. The highest BCUT2D eigenvalue weighted by Crippen LogP contribution is 2.34. The number of aromatic nitrogens is 1. The molecule has 2 aliphatic heterocycles. The van der Waals surface area contributed by atoms with E-state index in [0.29, 0.717) is 30.8 Å². The summed E-state index contributed by atoms with van der Waals surface area (Å²) in [5, 5.41) is 1.10. The van der Waals surface area contributed by atoms with Gasteiger partial charge in [0.2, 0.25) is 10.0 Å². The Morgan fingerprint density at radius 1 is 1.17 bits per heavy atom. The van der Waals surface area contributed by atoms with Gasteiger partial charge >= 0.3 is 0 Å². The predicted molar refractivity (Wildman–Crippen MR) is 120 cm³/mol. The predicted octanol–water partition coefficient (Wildman–Crippen LogP) is 3.64. The SMILES string of the molecule is CS(=O)(=O)N1CCc2cc(C(=O)N3CCC[C@@H](c4nc5ccccc5s4)C3)ccc21. The highest BCUT2D eigenvalue weighted by atomic mass is 32.2. The summed E-state index contributed by atoms with van der Waals surface area (Å²) in [6.07, 6.45) is 3.85. The molecule has 0 radical (unpaired) electrons. The molecule has 3 heterocycles. The summed E-state index contributed by atoms with van der Waals surface area (Å²) in [6.45, 7) is 1.85. The van der Waals surface area contributed by atoms with Gasteiger partial charge in [-0.05, 0) is 55.2 Å². The number of sulfonamides is 1. The van der Waals surface area contributed by atoms with E-state index in [1.54, 1.807) is 23.5 Å². The minimum Gasteiger partial charge on any atom is -0.338 e. The Labute approximate surface area is 180 Å². The van der Waals surface area contributed by atoms with Crippen molar-refractivity contribution in [1.82, 2.24) is 9.88 Å². The van der Waals surface area contributed by atoms with E-state index < -0.39 is 10.0 Å². The maximum absolute atomic E-state index is 13.2. The van der Waals surface area contributed by atoms with Crippen LogP contribution in [0.4, 0.5) is 5.69 Å². The minimum absolute atomic E-state index is 0.0152. The molecule has 0 saturated carbocycles. The Kier molecular flexibility index (Phi) is 4.78. The van der Waals surface area contributed by atoms with Crippen LogP contribution in [-0.2, 0) is 16.4 Å². The zero-order valence-corrected chi connectivity index (χ0v) is 18.4. The number of thiazole rings is 1. The minimum atomic E-state index is -3.29. The standard InChI is InChI=1S/C22H23N3O3S2/c1-30(27,28)25-12-10-15-13-16(8-9-19(15)25)22(26)24-11-4-5-17(14-24)21-23-18-6-2-3-7-20(18)29-21/h2-3,6-9,13,17H,4-5,10-12,14H2,1H3/t17-/m1/s1. The second-order valence-corrected chi connectivity index (χ2v) is 11.0. The highest BCUT2D eigenvalue weighted by Gasteiger charge is 2.30. The molecule has 1 atom stereocenters. The van der Waals surface area contributed by atoms with E-state index in [9.17, 15) is 13.2 Å². The number of carbonyl (C=O) groups excluding carboxylic acids is 1. The summed E-state index contributed by atoms with van der Waals surface area (Å²) in [6, 6.07) is 13.5. The van der Waals surface area contributed by atoms with E-state index in [2.05, 4.69) is 6.07 Å². The quantitative estimate of drug-likeness (QED) is 0.622. The van der Waals surface area contributed by atoms with Gasteiger partial charge in [-0.15, -0.1) is 11.3 Å². The summed E-state index contributed by atoms with van der Waals surface area (Å²) in [4.78, 5) is 19.9. The van der Waals surface area contributed by atoms with Crippen LogP contribution in [0.5, 0.6) is 0 Å². The first-order chi connectivity index (χ1) is 14.4. The van der Waals surface area contributed by atoms with Crippen LogP contribution in [-0.4, -0.2) is 50.1 Å². The van der Waals surface area contributed by atoms with Crippen molar-refractivity contribution in [1.29, 1.82) is 0 Å². The molecule has 8 heteroatoms. The van der Waals surface area contributed by atoms with E-state index in [1.807, 2.05) is 29.2 Å². The molecular formula is C22H23N3O3S2. The number of hydrogen-bond donors (Lipinski definition) is 0. The Bertz CT molecular complexity index is 1200. The Morgan fingerprint density at radius 2 is 2.00 bits per heavy atom. The van der Waals surface area contributed by atoms with Gasteiger partial charge in [0.25, 0.3) is 5.91 Å². The number of para-hydroxylation sites is 1. The molecule has 0 unspecified atom stereocenters. The molecule has 6 nitrogen and oxygen atoms in total. The molecule has 0 bridgehead atoms. The molecule has 2 aliphatic rings. The number of hydrogen-bond acceptors (Lipinski definition) is 5. The van der Waals surface area contributed by atoms with E-state index in [1.165, 1.54) is 15.3 Å². The number of fused-ring (bicyclic) bond motifs is 2. The Morgan fingerprint density at radius 3 is 2.80 bits per heavy atom. The number of nitrogens with zero attached hydrogens (tertiary/aromatic N) is 3. The van der Waals surface area contributed by atoms with E-state index in [0.717, 1.165) is 35.5 Å². The fourth-order valence-corrected chi connectivity index (χ4v) is 6.51. The average Bonchev–Trinajstić information content (AvgIpc) is 3.36. The number of likely N-dealkylation sites (tertiary alicyclic amines) is 1. The van der Waals surface area contributed by atoms with E-state index >= 15 is 0 Å². The fourth-order valence-electron chi connectivity index (χ4n) is 4.46. The Balaban J connectivity index is 1.36. The van der Waals surface area contributed by atoms with Crippen molar-refractivity contribution in [2.45, 2.75) is 25.2 Å². The normalized spacial score (nSPS) is 19.3. The van der Waals surface area contributed by atoms with Gasteiger partial charge in [0.05, 0.1) is 27.2 Å². The molecule has 0 spiro atoms. The van der Waals surface area contributed by atoms with Crippen LogP contribution in [0.1, 0.15) is 39.7 Å². The lowest BCUT2D eigenvalue weighted by molar-refractivity contribution is 0.0707. The maximum Gasteiger partial charge on any atom is 0.253 e. The first kappa shape index (κ1) is 19.5. The third-order valence-corrected chi connectivity index (χ3v) is 8.33. The molecule has 1 fully saturated rings. The zero-order valence-electron chi connectivity index (χ0n) is 16.7. The molecule has 1 amide bonds. The molecule has 3 aromatic rings. The number of anilines is 1. The lowest BCUT2D eigenvalue weighted by Crippen LogP contribution is -2.39. The van der Waals surface area contributed by atoms with Crippen LogP contribution in [0.3, 0.4) is 0 Å². The lowest BCUT2D eigenvalue weighted by Gasteiger charge is -2.32. The van der Waals surface area contributed by atoms with E-state index in [4.69, 9.17) is 4.98 Å². The fraction of sp³-hybridized carbons (Fsp3) is 0.364. The summed E-state index contributed by atoms with van der Waals surface area (Å²) in [5.41, 5.74) is 3.27. The monoisotopic (exact) mass is 441 g/mol. The Hall–Kier alpha value is -2.45. The maximum atomic E-state index is 13.2. The molecule has 5 rings (SSSR count). The van der Waals surface area contributed by atoms with Gasteiger partial charge in [-0.1, -0.05) is 12.1 Å². The topological polar surface area (TPSA) is 70.6 Å². The van der Waals surface area contributed by atoms with Crippen LogP contribution in [0, 0.1) is 0 Å². The number of benzene rings is 2. The van der Waals surface area contributed by atoms with Crippen molar-refractivity contribution in [3.8, 4) is 0 Å². The van der Waals surface area contributed by atoms with Crippen molar-refractivity contribution in [3.63, 3.8) is 0 Å². The molecule has 1 saturated heterocycles. The first-order valence-corrected chi connectivity index (χ1v) is 12.8. The number of amides is 1. The van der Waals surface area contributed by atoms with Crippen molar-refractivity contribution >= 4 is 43.2 Å². The van der Waals surface area contributed by atoms with Gasteiger partial charge in [0.15, 0.2) is 0 Å². The van der Waals surface area contributed by atoms with Gasteiger partial charge in [0, 0.05) is 31.1 Å². The van der Waals surface area contributed by atoms with Gasteiger partial charge in [-0.2, -0.15) is 0 Å². The van der Waals surface area contributed by atoms with Crippen LogP contribution < -0.4 is 4.31 Å². The van der Waals surface area contributed by atoms with Crippen molar-refractivity contribution < 1.29 is 13.2 Å². The third-order valence-electron chi connectivity index (χ3n) is 5.95. The summed E-state index contributed by atoms with van der Waals surface area (Å²) in [5.74, 6) is 0.275. The lowest BCUT2D eigenvalue weighted by atomic mass is 9.97. The number of piperidine rings is 1. The largest absolute Gasteiger partial charge is 0.338 e. The summed E-state index contributed by atoms with van der Waals surface area (Å²) >= 11 is 1.72. The molecule has 2 aromatic carbocycles. The number of rotatable bonds is 3. The third kappa shape index (κ3) is 3.48. The van der Waals surface area contributed by atoms with Crippen LogP contribution in [0.15, 0.2) is 42.5 Å².